The van der Waals surface area contributed by atoms with Crippen molar-refractivity contribution in [1.29, 1.82) is 0 Å². The van der Waals surface area contributed by atoms with Crippen LogP contribution >= 0.6 is 0 Å². The summed E-state index contributed by atoms with van der Waals surface area (Å²) in [4.78, 5) is 0. The molecule has 0 unspecified atom stereocenters. The van der Waals surface area contributed by atoms with E-state index >= 15 is 0 Å². The van der Waals surface area contributed by atoms with Crippen molar-refractivity contribution in [1.82, 2.24) is 0 Å². The molecule has 0 aliphatic heterocycles. The topological polar surface area (TPSA) is 9.23 Å². The first kappa shape index (κ1) is 25.5. The molecule has 182 valence electrons. The summed E-state index contributed by atoms with van der Waals surface area (Å²) in [5.41, 5.74) is 0.562. The van der Waals surface area contributed by atoms with Gasteiger partial charge in [-0.1, -0.05) is 90.5 Å². The highest BCUT2D eigenvalue weighted by Gasteiger charge is 2.28. The molecule has 0 radical (unpaired) electrons. The second-order valence-electron chi connectivity index (χ2n) is 10.7. The highest BCUT2D eigenvalue weighted by Crippen LogP contribution is 2.41. The zero-order valence-electron chi connectivity index (χ0n) is 20.6. The minimum absolute atomic E-state index is 0.0699. The SMILES string of the molecule is CCCCCOc1ccc([C@H]2CC[C@H](CCC3CCC(CCCC)CC3)CC2)c(F)c1F. The molecule has 0 bridgehead atoms. The van der Waals surface area contributed by atoms with Crippen LogP contribution < -0.4 is 4.74 Å². The van der Waals surface area contributed by atoms with Crippen LogP contribution in [0.15, 0.2) is 12.1 Å². The standard InChI is InChI=1S/C29H46F2O/c1-3-5-7-21-32-27-20-19-26(28(30)29(27)31)25-17-15-24(16-18-25)14-13-23-11-9-22(10-12-23)8-6-4-2/h19-20,22-25H,3-18,21H2,1-2H3/t22?,23?,24-,25-. The lowest BCUT2D eigenvalue weighted by atomic mass is 9.74. The maximum absolute atomic E-state index is 14.8. The van der Waals surface area contributed by atoms with E-state index < -0.39 is 11.6 Å². The third-order valence-corrected chi connectivity index (χ3v) is 8.28. The van der Waals surface area contributed by atoms with Crippen molar-refractivity contribution in [3.8, 4) is 5.75 Å². The van der Waals surface area contributed by atoms with Crippen molar-refractivity contribution in [3.63, 3.8) is 0 Å². The van der Waals surface area contributed by atoms with Crippen LogP contribution in [0.1, 0.15) is 128 Å². The van der Waals surface area contributed by atoms with Crippen LogP contribution in [0, 0.1) is 29.4 Å². The van der Waals surface area contributed by atoms with Gasteiger partial charge in [0.05, 0.1) is 6.61 Å². The summed E-state index contributed by atoms with van der Waals surface area (Å²) in [5, 5.41) is 0. The van der Waals surface area contributed by atoms with E-state index in [1.54, 1.807) is 12.1 Å². The lowest BCUT2D eigenvalue weighted by Crippen LogP contribution is -2.18. The lowest BCUT2D eigenvalue weighted by molar-refractivity contribution is 0.222. The Morgan fingerprint density at radius 2 is 1.25 bits per heavy atom. The first-order valence-corrected chi connectivity index (χ1v) is 13.7. The fraction of sp³-hybridized carbons (Fsp3) is 0.793. The van der Waals surface area contributed by atoms with Gasteiger partial charge in [-0.15, -0.1) is 0 Å². The Hall–Kier alpha value is -1.12. The number of rotatable bonds is 12. The molecule has 2 fully saturated rings. The number of ether oxygens (including phenoxy) is 1. The van der Waals surface area contributed by atoms with Gasteiger partial charge in [-0.3, -0.25) is 0 Å². The van der Waals surface area contributed by atoms with Crippen molar-refractivity contribution in [2.45, 2.75) is 122 Å². The molecule has 32 heavy (non-hydrogen) atoms. The molecule has 2 saturated carbocycles. The molecule has 0 spiro atoms. The van der Waals surface area contributed by atoms with E-state index in [1.165, 1.54) is 57.8 Å². The van der Waals surface area contributed by atoms with Gasteiger partial charge in [0.2, 0.25) is 5.82 Å². The fourth-order valence-electron chi connectivity index (χ4n) is 6.04. The summed E-state index contributed by atoms with van der Waals surface area (Å²) in [5.74, 6) is 1.45. The van der Waals surface area contributed by atoms with E-state index in [1.807, 2.05) is 0 Å². The zero-order chi connectivity index (χ0) is 22.8. The van der Waals surface area contributed by atoms with Crippen molar-refractivity contribution in [3.05, 3.63) is 29.3 Å². The fourth-order valence-corrected chi connectivity index (χ4v) is 6.04. The lowest BCUT2D eigenvalue weighted by Gasteiger charge is -2.32. The first-order valence-electron chi connectivity index (χ1n) is 13.7. The minimum atomic E-state index is -0.796. The van der Waals surface area contributed by atoms with E-state index in [9.17, 15) is 8.78 Å². The first-order chi connectivity index (χ1) is 15.6. The third kappa shape index (κ3) is 7.45. The van der Waals surface area contributed by atoms with Crippen LogP contribution in [-0.2, 0) is 0 Å². The summed E-state index contributed by atoms with van der Waals surface area (Å²) < 4.78 is 34.8. The molecule has 0 N–H and O–H groups in total. The van der Waals surface area contributed by atoms with Gasteiger partial charge in [-0.05, 0) is 67.4 Å². The maximum Gasteiger partial charge on any atom is 0.200 e. The molecule has 2 aliphatic carbocycles. The van der Waals surface area contributed by atoms with Gasteiger partial charge in [-0.25, -0.2) is 4.39 Å². The Kier molecular flexibility index (Phi) is 10.8. The van der Waals surface area contributed by atoms with Gasteiger partial charge >= 0.3 is 0 Å². The number of halogens is 2. The molecule has 1 aromatic carbocycles. The average molecular weight is 449 g/mol. The largest absolute Gasteiger partial charge is 0.490 e. The maximum atomic E-state index is 14.8. The molecule has 0 saturated heterocycles. The summed E-state index contributed by atoms with van der Waals surface area (Å²) in [6.45, 7) is 4.86. The van der Waals surface area contributed by atoms with Gasteiger partial charge in [0, 0.05) is 0 Å². The van der Waals surface area contributed by atoms with E-state index in [4.69, 9.17) is 4.74 Å². The summed E-state index contributed by atoms with van der Waals surface area (Å²) in [6.07, 6.45) is 19.9. The average Bonchev–Trinajstić information content (AvgIpc) is 2.83. The quantitative estimate of drug-likeness (QED) is 0.289. The Bertz CT molecular complexity index is 657. The molecule has 3 rings (SSSR count). The minimum Gasteiger partial charge on any atom is -0.490 e. The second-order valence-corrected chi connectivity index (χ2v) is 10.7. The number of benzene rings is 1. The molecule has 1 aromatic rings. The van der Waals surface area contributed by atoms with Crippen molar-refractivity contribution >= 4 is 0 Å². The molecule has 1 nitrogen and oxygen atoms in total. The van der Waals surface area contributed by atoms with E-state index in [0.29, 0.717) is 12.2 Å². The normalized spacial score (nSPS) is 26.2. The third-order valence-electron chi connectivity index (χ3n) is 8.28. The van der Waals surface area contributed by atoms with Crippen LogP contribution in [0.4, 0.5) is 8.78 Å². The van der Waals surface area contributed by atoms with Crippen LogP contribution in [0.25, 0.3) is 0 Å². The van der Waals surface area contributed by atoms with E-state index in [0.717, 1.165) is 62.7 Å². The van der Waals surface area contributed by atoms with Crippen LogP contribution in [-0.4, -0.2) is 6.61 Å². The predicted molar refractivity (Wildman–Crippen MR) is 130 cm³/mol. The molecular weight excluding hydrogens is 402 g/mol. The molecule has 0 heterocycles. The van der Waals surface area contributed by atoms with Gasteiger partial charge in [0.1, 0.15) is 0 Å². The number of unbranched alkanes of at least 4 members (excludes halogenated alkanes) is 3. The van der Waals surface area contributed by atoms with Crippen molar-refractivity contribution < 1.29 is 13.5 Å². The van der Waals surface area contributed by atoms with Crippen LogP contribution in [0.3, 0.4) is 0 Å². The van der Waals surface area contributed by atoms with Crippen LogP contribution in [0.5, 0.6) is 5.75 Å². The summed E-state index contributed by atoms with van der Waals surface area (Å²) in [6, 6.07) is 3.41. The summed E-state index contributed by atoms with van der Waals surface area (Å²) in [7, 11) is 0. The highest BCUT2D eigenvalue weighted by molar-refractivity contribution is 5.33. The van der Waals surface area contributed by atoms with Gasteiger partial charge in [0.25, 0.3) is 0 Å². The smallest absolute Gasteiger partial charge is 0.200 e. The van der Waals surface area contributed by atoms with Crippen molar-refractivity contribution in [2.24, 2.45) is 17.8 Å². The molecule has 0 aromatic heterocycles. The Balaban J connectivity index is 1.39. The Morgan fingerprint density at radius 1 is 0.688 bits per heavy atom. The predicted octanol–water partition coefficient (Wildman–Crippen LogP) is 9.58. The molecule has 0 amide bonds. The van der Waals surface area contributed by atoms with Gasteiger partial charge in [-0.2, -0.15) is 4.39 Å². The summed E-state index contributed by atoms with van der Waals surface area (Å²) >= 11 is 0. The van der Waals surface area contributed by atoms with E-state index in [-0.39, 0.29) is 11.7 Å². The van der Waals surface area contributed by atoms with Gasteiger partial charge in [0.15, 0.2) is 11.6 Å². The highest BCUT2D eigenvalue weighted by atomic mass is 19.2. The van der Waals surface area contributed by atoms with E-state index in [2.05, 4.69) is 13.8 Å². The molecule has 2 aliphatic rings. The van der Waals surface area contributed by atoms with Crippen molar-refractivity contribution in [2.75, 3.05) is 6.61 Å². The molecular formula is C29H46F2O. The number of hydrogen-bond donors (Lipinski definition) is 0. The molecule has 0 atom stereocenters. The zero-order valence-corrected chi connectivity index (χ0v) is 20.6. The Labute approximate surface area is 195 Å². The molecule has 3 heteroatoms. The number of hydrogen-bond acceptors (Lipinski definition) is 1. The Morgan fingerprint density at radius 3 is 1.84 bits per heavy atom. The monoisotopic (exact) mass is 448 g/mol. The van der Waals surface area contributed by atoms with Gasteiger partial charge < -0.3 is 4.74 Å². The van der Waals surface area contributed by atoms with Crippen LogP contribution in [0.2, 0.25) is 0 Å². The second kappa shape index (κ2) is 13.6.